The highest BCUT2D eigenvalue weighted by Gasteiger charge is 2.28. The molecule has 0 bridgehead atoms. The van der Waals surface area contributed by atoms with Crippen LogP contribution in [0.5, 0.6) is 0 Å². The van der Waals surface area contributed by atoms with Crippen LogP contribution in [-0.4, -0.2) is 73.4 Å². The van der Waals surface area contributed by atoms with E-state index in [4.69, 9.17) is 9.05 Å². The number of nitrogens with zero attached hydrogens (tertiary/aromatic N) is 1. The van der Waals surface area contributed by atoms with Gasteiger partial charge in [-0.05, 0) is 109 Å². The van der Waals surface area contributed by atoms with Crippen molar-refractivity contribution in [1.29, 1.82) is 0 Å². The Morgan fingerprint density at radius 3 is 1.07 bits per heavy atom. The van der Waals surface area contributed by atoms with Crippen molar-refractivity contribution < 1.29 is 32.9 Å². The first-order valence-corrected chi connectivity index (χ1v) is 37.1. The Labute approximate surface area is 532 Å². The number of aliphatic hydroxyl groups is 1. The number of carbonyl (C=O) groups excluding carboxylic acids is 1. The van der Waals surface area contributed by atoms with Gasteiger partial charge in [0.2, 0.25) is 5.91 Å². The molecule has 0 aromatic rings. The molecule has 0 saturated heterocycles. The zero-order valence-corrected chi connectivity index (χ0v) is 57.4. The molecular formula is C77H136N2O6P+. The van der Waals surface area contributed by atoms with E-state index in [9.17, 15) is 19.4 Å². The second kappa shape index (κ2) is 66.1. The molecule has 8 nitrogen and oxygen atoms in total. The first-order valence-electron chi connectivity index (χ1n) is 35.6. The average molecular weight is 1220 g/mol. The fourth-order valence-corrected chi connectivity index (χ4v) is 10.6. The minimum absolute atomic E-state index is 0.0465. The van der Waals surface area contributed by atoms with Crippen molar-refractivity contribution in [1.82, 2.24) is 5.32 Å². The number of allylic oxidation sites excluding steroid dienone is 21. The molecule has 0 aliphatic heterocycles. The number of unbranched alkanes of at least 4 members (excludes halogenated alkanes) is 31. The lowest BCUT2D eigenvalue weighted by Crippen LogP contribution is -2.45. The van der Waals surface area contributed by atoms with Gasteiger partial charge in [-0.15, -0.1) is 0 Å². The Morgan fingerprint density at radius 1 is 0.407 bits per heavy atom. The third kappa shape index (κ3) is 68.1. The second-order valence-corrected chi connectivity index (χ2v) is 26.3. The molecule has 3 atom stereocenters. The number of quaternary nitrogens is 1. The van der Waals surface area contributed by atoms with Crippen LogP contribution in [0.3, 0.4) is 0 Å². The average Bonchev–Trinajstić information content (AvgIpc) is 3.70. The van der Waals surface area contributed by atoms with Crippen LogP contribution in [0.15, 0.2) is 134 Å². The number of phosphoric ester groups is 1. The lowest BCUT2D eigenvalue weighted by atomic mass is 10.0. The van der Waals surface area contributed by atoms with E-state index >= 15 is 0 Å². The molecule has 0 rings (SSSR count). The molecule has 0 aliphatic rings. The van der Waals surface area contributed by atoms with Gasteiger partial charge in [0.25, 0.3) is 0 Å². The second-order valence-electron chi connectivity index (χ2n) is 24.9. The summed E-state index contributed by atoms with van der Waals surface area (Å²) in [4.78, 5) is 23.4. The van der Waals surface area contributed by atoms with E-state index in [-0.39, 0.29) is 19.1 Å². The van der Waals surface area contributed by atoms with Crippen LogP contribution < -0.4 is 5.32 Å². The molecule has 0 aromatic carbocycles. The maximum absolute atomic E-state index is 13.1. The highest BCUT2D eigenvalue weighted by atomic mass is 31.2. The summed E-state index contributed by atoms with van der Waals surface area (Å²) in [5.41, 5.74) is 0. The van der Waals surface area contributed by atoms with Crippen LogP contribution in [0.25, 0.3) is 0 Å². The summed E-state index contributed by atoms with van der Waals surface area (Å²) >= 11 is 0. The maximum atomic E-state index is 13.1. The summed E-state index contributed by atoms with van der Waals surface area (Å²) in [6.07, 6.45) is 100. The monoisotopic (exact) mass is 1220 g/mol. The van der Waals surface area contributed by atoms with Gasteiger partial charge < -0.3 is 19.8 Å². The number of rotatable bonds is 64. The first-order chi connectivity index (χ1) is 42.0. The standard InChI is InChI=1S/C77H135N2O6P/c1-6-8-10-12-14-16-18-20-22-24-26-28-30-32-34-36-37-38-39-40-41-43-45-47-49-51-53-55-57-59-61-63-65-67-69-71-77(81)78-75(74-85-86(82,83)84-73-72-79(3,4)5)76(80)70-68-66-64-62-60-58-56-54-52-50-48-46-44-42-35-33-31-29-27-25-23-21-19-17-15-13-11-9-7-2/h8,10,14,16,20,22,26,28,32,34,37-38,40-41,45,47,52,54,60,62,68,70,75-76,80H,6-7,9,11-13,15,17-19,21,23-25,27,29-31,33,35-36,39,42-44,46,48-51,53,55-59,61,63-67,69,71-74H2,1-5H3,(H-,78,81,82,83)/p+1/b10-8-,16-14-,22-20-,28-26-,34-32-,38-37-,41-40-,47-45-,54-52+,62-60+,70-68+. The highest BCUT2D eigenvalue weighted by molar-refractivity contribution is 7.47. The quantitative estimate of drug-likeness (QED) is 0.0243. The molecule has 0 saturated carbocycles. The molecule has 0 fully saturated rings. The normalized spacial score (nSPS) is 14.5. The first kappa shape index (κ1) is 82.6. The van der Waals surface area contributed by atoms with Crippen molar-refractivity contribution >= 4 is 13.7 Å². The fourth-order valence-electron chi connectivity index (χ4n) is 9.86. The predicted octanol–water partition coefficient (Wildman–Crippen LogP) is 23.0. The van der Waals surface area contributed by atoms with E-state index < -0.39 is 20.0 Å². The summed E-state index contributed by atoms with van der Waals surface area (Å²) in [6.45, 7) is 4.68. The van der Waals surface area contributed by atoms with Gasteiger partial charge in [-0.2, -0.15) is 0 Å². The Kier molecular flexibility index (Phi) is 63.5. The topological polar surface area (TPSA) is 105 Å². The smallest absolute Gasteiger partial charge is 0.387 e. The molecule has 9 heteroatoms. The third-order valence-electron chi connectivity index (χ3n) is 15.3. The number of amides is 1. The lowest BCUT2D eigenvalue weighted by Gasteiger charge is -2.25. The number of carbonyl (C=O) groups is 1. The van der Waals surface area contributed by atoms with Gasteiger partial charge in [-0.1, -0.05) is 314 Å². The van der Waals surface area contributed by atoms with Crippen molar-refractivity contribution in [2.24, 2.45) is 0 Å². The van der Waals surface area contributed by atoms with Crippen molar-refractivity contribution in [2.45, 2.75) is 309 Å². The van der Waals surface area contributed by atoms with Crippen molar-refractivity contribution in [2.75, 3.05) is 40.9 Å². The molecule has 0 aromatic heterocycles. The number of nitrogens with one attached hydrogen (secondary N) is 1. The van der Waals surface area contributed by atoms with Crippen molar-refractivity contribution in [3.05, 3.63) is 134 Å². The molecule has 0 spiro atoms. The molecule has 494 valence electrons. The van der Waals surface area contributed by atoms with E-state index in [1.165, 1.54) is 173 Å². The minimum atomic E-state index is -4.38. The van der Waals surface area contributed by atoms with Gasteiger partial charge in [0, 0.05) is 6.42 Å². The number of hydrogen-bond acceptors (Lipinski definition) is 5. The van der Waals surface area contributed by atoms with Gasteiger partial charge >= 0.3 is 7.82 Å². The Bertz CT molecular complexity index is 1870. The molecule has 0 aliphatic carbocycles. The summed E-state index contributed by atoms with van der Waals surface area (Å²) in [5.74, 6) is -0.199. The number of hydrogen-bond donors (Lipinski definition) is 3. The van der Waals surface area contributed by atoms with Crippen molar-refractivity contribution in [3.8, 4) is 0 Å². The van der Waals surface area contributed by atoms with E-state index in [0.717, 1.165) is 103 Å². The Morgan fingerprint density at radius 2 is 0.709 bits per heavy atom. The number of aliphatic hydroxyl groups excluding tert-OH is 1. The summed E-state index contributed by atoms with van der Waals surface area (Å²) in [7, 11) is 1.53. The van der Waals surface area contributed by atoms with E-state index in [1.807, 2.05) is 27.2 Å². The highest BCUT2D eigenvalue weighted by Crippen LogP contribution is 2.43. The molecule has 0 radical (unpaired) electrons. The summed E-state index contributed by atoms with van der Waals surface area (Å²) in [5, 5.41) is 14.0. The lowest BCUT2D eigenvalue weighted by molar-refractivity contribution is -0.870. The van der Waals surface area contributed by atoms with Gasteiger partial charge in [0.05, 0.1) is 39.9 Å². The largest absolute Gasteiger partial charge is 0.472 e. The van der Waals surface area contributed by atoms with Gasteiger partial charge in [0.15, 0.2) is 0 Å². The van der Waals surface area contributed by atoms with Gasteiger partial charge in [-0.3, -0.25) is 13.8 Å². The zero-order chi connectivity index (χ0) is 62.6. The third-order valence-corrected chi connectivity index (χ3v) is 16.3. The Hall–Kier alpha value is -3.36. The molecule has 3 unspecified atom stereocenters. The summed E-state index contributed by atoms with van der Waals surface area (Å²) in [6, 6.07) is -0.884. The number of likely N-dealkylation sites (N-methyl/N-ethyl adjacent to an activating group) is 1. The van der Waals surface area contributed by atoms with Crippen LogP contribution in [-0.2, 0) is 18.4 Å². The number of phosphoric acid groups is 1. The SMILES string of the molecule is CC/C=C\C/C=C\C/C=C\C/C=C\C/C=C\C/C=C\C/C=C\C/C=C\CCCCCCCCCCCCC(=O)NC(COP(=O)(O)OCC[N+](C)(C)C)C(O)/C=C/CC/C=C/CC/C=C/CCCCCCCCCCCCCCCCCCCCC. The van der Waals surface area contributed by atoms with Crippen LogP contribution in [0.2, 0.25) is 0 Å². The van der Waals surface area contributed by atoms with Gasteiger partial charge in [0.1, 0.15) is 13.2 Å². The minimum Gasteiger partial charge on any atom is -0.387 e. The Balaban J connectivity index is 4.19. The molecule has 1 amide bonds. The van der Waals surface area contributed by atoms with Crippen LogP contribution in [0, 0.1) is 0 Å². The van der Waals surface area contributed by atoms with E-state index in [2.05, 4.69) is 141 Å². The maximum Gasteiger partial charge on any atom is 0.472 e. The molecule has 86 heavy (non-hydrogen) atoms. The molecule has 0 heterocycles. The van der Waals surface area contributed by atoms with Crippen LogP contribution in [0.4, 0.5) is 0 Å². The van der Waals surface area contributed by atoms with Crippen LogP contribution >= 0.6 is 7.82 Å². The molecular weight excluding hydrogens is 1080 g/mol. The van der Waals surface area contributed by atoms with Crippen LogP contribution in [0.1, 0.15) is 296 Å². The van der Waals surface area contributed by atoms with E-state index in [1.54, 1.807) is 6.08 Å². The molecule has 3 N–H and O–H groups in total. The summed E-state index contributed by atoms with van der Waals surface area (Å²) < 4.78 is 23.8. The van der Waals surface area contributed by atoms with Crippen molar-refractivity contribution in [3.63, 3.8) is 0 Å². The van der Waals surface area contributed by atoms with E-state index in [0.29, 0.717) is 17.4 Å². The van der Waals surface area contributed by atoms with Gasteiger partial charge in [-0.25, -0.2) is 4.57 Å². The fraction of sp³-hybridized carbons (Fsp3) is 0.701. The predicted molar refractivity (Wildman–Crippen MR) is 378 cm³/mol. The zero-order valence-electron chi connectivity index (χ0n) is 56.5.